The number of hydrogen-bond acceptors (Lipinski definition) is 5. The molecule has 138 valence electrons. The van der Waals surface area contributed by atoms with E-state index in [9.17, 15) is 4.79 Å². The van der Waals surface area contributed by atoms with Crippen LogP contribution in [0.2, 0.25) is 10.0 Å². The third-order valence-electron chi connectivity index (χ3n) is 4.62. The number of rotatable bonds is 3. The van der Waals surface area contributed by atoms with Crippen molar-refractivity contribution >= 4 is 28.9 Å². The summed E-state index contributed by atoms with van der Waals surface area (Å²) in [6, 6.07) is 6.87. The SMILES string of the molecule is CCc1ncc2c(n1)CN(c1cnn(-c3ccc(Cl)cc3)c(=O)c1Cl)CC2. The molecule has 0 radical (unpaired) electrons. The summed E-state index contributed by atoms with van der Waals surface area (Å²) in [6.07, 6.45) is 5.12. The monoisotopic (exact) mass is 401 g/mol. The fraction of sp³-hybridized carbons (Fsp3) is 0.263. The Morgan fingerprint density at radius 1 is 1.15 bits per heavy atom. The first kappa shape index (κ1) is 17.9. The lowest BCUT2D eigenvalue weighted by Gasteiger charge is -2.30. The number of nitrogens with zero attached hydrogens (tertiary/aromatic N) is 5. The molecule has 0 unspecified atom stereocenters. The highest BCUT2D eigenvalue weighted by molar-refractivity contribution is 6.33. The van der Waals surface area contributed by atoms with Crippen molar-refractivity contribution in [3.8, 4) is 5.69 Å². The standard InChI is InChI=1S/C19H17Cl2N5O/c1-2-17-22-9-12-7-8-25(11-15(12)24-17)16-10-23-26(19(27)18(16)21)14-5-3-13(20)4-6-14/h3-6,9-10H,2,7-8,11H2,1H3. The zero-order valence-electron chi connectivity index (χ0n) is 14.7. The van der Waals surface area contributed by atoms with Crippen LogP contribution in [0.1, 0.15) is 24.0 Å². The van der Waals surface area contributed by atoms with E-state index in [1.807, 2.05) is 18.0 Å². The number of aryl methyl sites for hydroxylation is 1. The molecule has 1 aliphatic heterocycles. The van der Waals surface area contributed by atoms with Crippen LogP contribution in [0.5, 0.6) is 0 Å². The quantitative estimate of drug-likeness (QED) is 0.672. The average molecular weight is 402 g/mol. The molecule has 1 aromatic carbocycles. The van der Waals surface area contributed by atoms with Crippen molar-refractivity contribution < 1.29 is 0 Å². The average Bonchev–Trinajstić information content (AvgIpc) is 2.70. The van der Waals surface area contributed by atoms with Gasteiger partial charge in [0.25, 0.3) is 5.56 Å². The van der Waals surface area contributed by atoms with E-state index in [-0.39, 0.29) is 10.6 Å². The first-order valence-electron chi connectivity index (χ1n) is 8.69. The molecule has 0 aliphatic carbocycles. The van der Waals surface area contributed by atoms with Crippen LogP contribution in [0.4, 0.5) is 5.69 Å². The van der Waals surface area contributed by atoms with Gasteiger partial charge in [0.15, 0.2) is 0 Å². The number of hydrogen-bond donors (Lipinski definition) is 0. The molecule has 6 nitrogen and oxygen atoms in total. The molecular formula is C19H17Cl2N5O. The van der Waals surface area contributed by atoms with Crippen LogP contribution in [0, 0.1) is 0 Å². The molecule has 0 saturated carbocycles. The van der Waals surface area contributed by atoms with Crippen molar-refractivity contribution in [2.45, 2.75) is 26.3 Å². The molecule has 3 aromatic rings. The molecule has 0 N–H and O–H groups in total. The number of fused-ring (bicyclic) bond motifs is 1. The Morgan fingerprint density at radius 3 is 2.67 bits per heavy atom. The summed E-state index contributed by atoms with van der Waals surface area (Å²) in [6.45, 7) is 3.34. The Balaban J connectivity index is 1.68. The van der Waals surface area contributed by atoms with Crippen molar-refractivity contribution in [1.82, 2.24) is 19.7 Å². The maximum absolute atomic E-state index is 12.7. The molecule has 0 bridgehead atoms. The van der Waals surface area contributed by atoms with Gasteiger partial charge in [-0.1, -0.05) is 30.1 Å². The Hall–Kier alpha value is -2.44. The van der Waals surface area contributed by atoms with E-state index in [2.05, 4.69) is 15.1 Å². The van der Waals surface area contributed by atoms with Gasteiger partial charge in [-0.2, -0.15) is 9.78 Å². The lowest BCUT2D eigenvalue weighted by molar-refractivity contribution is 0.685. The van der Waals surface area contributed by atoms with Gasteiger partial charge in [-0.3, -0.25) is 4.79 Å². The minimum Gasteiger partial charge on any atom is -0.363 e. The zero-order valence-corrected chi connectivity index (χ0v) is 16.2. The van der Waals surface area contributed by atoms with Crippen LogP contribution in [0.3, 0.4) is 0 Å². The van der Waals surface area contributed by atoms with Crippen molar-refractivity contribution in [3.05, 3.63) is 74.1 Å². The van der Waals surface area contributed by atoms with Gasteiger partial charge in [0.1, 0.15) is 10.8 Å². The highest BCUT2D eigenvalue weighted by Gasteiger charge is 2.22. The maximum atomic E-state index is 12.7. The molecule has 0 amide bonds. The Morgan fingerprint density at radius 2 is 1.93 bits per heavy atom. The normalized spacial score (nSPS) is 13.5. The van der Waals surface area contributed by atoms with E-state index < -0.39 is 0 Å². The number of aromatic nitrogens is 4. The second-order valence-electron chi connectivity index (χ2n) is 6.32. The van der Waals surface area contributed by atoms with Gasteiger partial charge >= 0.3 is 0 Å². The van der Waals surface area contributed by atoms with Crippen LogP contribution in [-0.2, 0) is 19.4 Å². The summed E-state index contributed by atoms with van der Waals surface area (Å²) in [5.74, 6) is 0.818. The highest BCUT2D eigenvalue weighted by Crippen LogP contribution is 2.27. The zero-order chi connectivity index (χ0) is 19.0. The van der Waals surface area contributed by atoms with E-state index in [1.165, 1.54) is 4.68 Å². The van der Waals surface area contributed by atoms with Gasteiger partial charge in [-0.15, -0.1) is 0 Å². The smallest absolute Gasteiger partial charge is 0.292 e. The van der Waals surface area contributed by atoms with Gasteiger partial charge in [0.05, 0.1) is 29.8 Å². The molecule has 1 aliphatic rings. The van der Waals surface area contributed by atoms with Gasteiger partial charge in [-0.25, -0.2) is 9.97 Å². The fourth-order valence-corrected chi connectivity index (χ4v) is 3.51. The number of benzene rings is 1. The molecular weight excluding hydrogens is 385 g/mol. The summed E-state index contributed by atoms with van der Waals surface area (Å²) in [5.41, 5.74) is 2.99. The molecule has 3 heterocycles. The van der Waals surface area contributed by atoms with Gasteiger partial charge in [0.2, 0.25) is 0 Å². The second kappa shape index (κ2) is 7.29. The molecule has 0 spiro atoms. The highest BCUT2D eigenvalue weighted by atomic mass is 35.5. The summed E-state index contributed by atoms with van der Waals surface area (Å²) in [4.78, 5) is 23.8. The minimum absolute atomic E-state index is 0.146. The van der Waals surface area contributed by atoms with Crippen molar-refractivity contribution in [1.29, 1.82) is 0 Å². The fourth-order valence-electron chi connectivity index (χ4n) is 3.13. The van der Waals surface area contributed by atoms with E-state index >= 15 is 0 Å². The predicted molar refractivity (Wildman–Crippen MR) is 106 cm³/mol. The van der Waals surface area contributed by atoms with Crippen LogP contribution in [-0.4, -0.2) is 26.3 Å². The van der Waals surface area contributed by atoms with Crippen molar-refractivity contribution in [2.75, 3.05) is 11.4 Å². The van der Waals surface area contributed by atoms with Crippen molar-refractivity contribution in [3.63, 3.8) is 0 Å². The summed E-state index contributed by atoms with van der Waals surface area (Å²) in [5, 5.41) is 5.05. The predicted octanol–water partition coefficient (Wildman–Crippen LogP) is 3.45. The van der Waals surface area contributed by atoms with Gasteiger partial charge in [-0.05, 0) is 36.2 Å². The van der Waals surface area contributed by atoms with E-state index in [0.717, 1.165) is 36.5 Å². The van der Waals surface area contributed by atoms with E-state index in [4.69, 9.17) is 23.2 Å². The molecule has 8 heteroatoms. The molecule has 0 fully saturated rings. The Labute approximate surface area is 166 Å². The molecule has 2 aromatic heterocycles. The third-order valence-corrected chi connectivity index (χ3v) is 5.23. The molecule has 27 heavy (non-hydrogen) atoms. The Kier molecular flexibility index (Phi) is 4.85. The van der Waals surface area contributed by atoms with Gasteiger partial charge in [0, 0.05) is 24.2 Å². The number of anilines is 1. The molecule has 0 saturated heterocycles. The number of halogens is 2. The first-order chi connectivity index (χ1) is 13.1. The lowest BCUT2D eigenvalue weighted by atomic mass is 10.1. The van der Waals surface area contributed by atoms with Crippen LogP contribution < -0.4 is 10.5 Å². The first-order valence-corrected chi connectivity index (χ1v) is 9.44. The summed E-state index contributed by atoms with van der Waals surface area (Å²) < 4.78 is 1.28. The lowest BCUT2D eigenvalue weighted by Crippen LogP contribution is -2.34. The summed E-state index contributed by atoms with van der Waals surface area (Å²) >= 11 is 12.3. The van der Waals surface area contributed by atoms with Crippen LogP contribution >= 0.6 is 23.2 Å². The van der Waals surface area contributed by atoms with Gasteiger partial charge < -0.3 is 4.90 Å². The van der Waals surface area contributed by atoms with Crippen LogP contribution in [0.25, 0.3) is 5.69 Å². The Bertz CT molecular complexity index is 1050. The molecule has 4 rings (SSSR count). The third kappa shape index (κ3) is 3.42. The topological polar surface area (TPSA) is 63.9 Å². The minimum atomic E-state index is -0.362. The van der Waals surface area contributed by atoms with Crippen LogP contribution in [0.15, 0.2) is 41.5 Å². The second-order valence-corrected chi connectivity index (χ2v) is 7.13. The van der Waals surface area contributed by atoms with E-state index in [0.29, 0.717) is 22.9 Å². The maximum Gasteiger partial charge on any atom is 0.292 e. The van der Waals surface area contributed by atoms with Crippen molar-refractivity contribution in [2.24, 2.45) is 0 Å². The summed E-state index contributed by atoms with van der Waals surface area (Å²) in [7, 11) is 0. The largest absolute Gasteiger partial charge is 0.363 e. The molecule has 0 atom stereocenters. The van der Waals surface area contributed by atoms with E-state index in [1.54, 1.807) is 30.5 Å².